The second-order valence-electron chi connectivity index (χ2n) is 5.49. The van der Waals surface area contributed by atoms with Gasteiger partial charge in [0.2, 0.25) is 5.91 Å². The maximum Gasteiger partial charge on any atom is 0.387 e. The Hall–Kier alpha value is -2.83. The molecule has 0 aliphatic rings. The summed E-state index contributed by atoms with van der Waals surface area (Å²) in [6.07, 6.45) is 0.176. The summed E-state index contributed by atoms with van der Waals surface area (Å²) in [5, 5.41) is 2.83. The van der Waals surface area contributed by atoms with Crippen molar-refractivity contribution in [2.45, 2.75) is 26.0 Å². The van der Waals surface area contributed by atoms with Gasteiger partial charge in [0.05, 0.1) is 26.2 Å². The zero-order valence-electron chi connectivity index (χ0n) is 14.6. The Morgan fingerprint density at radius 3 is 2.35 bits per heavy atom. The molecule has 7 heteroatoms. The first-order chi connectivity index (χ1) is 12.5. The Morgan fingerprint density at radius 1 is 1.08 bits per heavy atom. The maximum atomic E-state index is 12.1. The smallest absolute Gasteiger partial charge is 0.387 e. The van der Waals surface area contributed by atoms with Gasteiger partial charge in [-0.05, 0) is 36.8 Å². The molecule has 140 valence electrons. The van der Waals surface area contributed by atoms with Crippen LogP contribution in [0.3, 0.4) is 0 Å². The number of amides is 1. The van der Waals surface area contributed by atoms with Gasteiger partial charge in [-0.15, -0.1) is 0 Å². The van der Waals surface area contributed by atoms with Crippen molar-refractivity contribution >= 4 is 5.91 Å². The Morgan fingerprint density at radius 2 is 1.73 bits per heavy atom. The van der Waals surface area contributed by atoms with Crippen LogP contribution >= 0.6 is 0 Å². The third-order valence-electron chi connectivity index (χ3n) is 3.64. The number of nitrogens with one attached hydrogen (secondary N) is 1. The molecule has 2 aromatic rings. The fourth-order valence-electron chi connectivity index (χ4n) is 2.33. The van der Waals surface area contributed by atoms with Crippen molar-refractivity contribution in [2.75, 3.05) is 13.7 Å². The van der Waals surface area contributed by atoms with Crippen LogP contribution in [-0.4, -0.2) is 26.2 Å². The highest BCUT2D eigenvalue weighted by atomic mass is 19.3. The Kier molecular flexibility index (Phi) is 7.20. The quantitative estimate of drug-likeness (QED) is 0.731. The summed E-state index contributed by atoms with van der Waals surface area (Å²) < 4.78 is 39.3. The molecular weight excluding hydrogens is 344 g/mol. The molecule has 0 aliphatic heterocycles. The summed E-state index contributed by atoms with van der Waals surface area (Å²) in [6, 6.07) is 13.1. The van der Waals surface area contributed by atoms with Gasteiger partial charge in [0.25, 0.3) is 0 Å². The molecule has 0 fully saturated rings. The molecular formula is C19H21F2NO4. The zero-order chi connectivity index (χ0) is 18.9. The summed E-state index contributed by atoms with van der Waals surface area (Å²) in [5.74, 6) is 1.07. The highest BCUT2D eigenvalue weighted by Crippen LogP contribution is 2.25. The van der Waals surface area contributed by atoms with E-state index in [1.807, 2.05) is 19.1 Å². The van der Waals surface area contributed by atoms with Gasteiger partial charge in [-0.1, -0.05) is 24.3 Å². The molecule has 1 amide bonds. The van der Waals surface area contributed by atoms with Gasteiger partial charge in [0.1, 0.15) is 5.75 Å². The van der Waals surface area contributed by atoms with E-state index in [2.05, 4.69) is 10.1 Å². The number of hydrogen-bond donors (Lipinski definition) is 1. The van der Waals surface area contributed by atoms with Crippen LogP contribution in [0, 0.1) is 0 Å². The lowest BCUT2D eigenvalue weighted by molar-refractivity contribution is -0.122. The second kappa shape index (κ2) is 9.60. The molecule has 5 nitrogen and oxygen atoms in total. The monoisotopic (exact) mass is 365 g/mol. The van der Waals surface area contributed by atoms with Crippen LogP contribution in [0.2, 0.25) is 0 Å². The summed E-state index contributed by atoms with van der Waals surface area (Å²) in [6.45, 7) is -0.844. The van der Waals surface area contributed by atoms with Crippen molar-refractivity contribution in [3.8, 4) is 17.2 Å². The van der Waals surface area contributed by atoms with Crippen LogP contribution < -0.4 is 19.5 Å². The van der Waals surface area contributed by atoms with Crippen LogP contribution in [0.15, 0.2) is 48.5 Å². The van der Waals surface area contributed by atoms with E-state index >= 15 is 0 Å². The number of carbonyl (C=O) groups is 1. The molecule has 1 atom stereocenters. The molecule has 1 unspecified atom stereocenters. The Balaban J connectivity index is 1.79. The molecule has 2 aromatic carbocycles. The lowest BCUT2D eigenvalue weighted by Gasteiger charge is -2.15. The summed E-state index contributed by atoms with van der Waals surface area (Å²) >= 11 is 0. The van der Waals surface area contributed by atoms with Crippen LogP contribution in [-0.2, 0) is 4.79 Å². The standard InChI is InChI=1S/C19H21F2NO4/c1-13(14-7-9-15(10-8-14)26-19(20)21)22-18(23)11-12-25-17-6-4-3-5-16(17)24-2/h3-10,13,19H,11-12H2,1-2H3,(H,22,23). The van der Waals surface area contributed by atoms with E-state index in [0.717, 1.165) is 5.56 Å². The molecule has 0 radical (unpaired) electrons. The number of alkyl halides is 2. The van der Waals surface area contributed by atoms with Gasteiger partial charge in [-0.2, -0.15) is 8.78 Å². The number of benzene rings is 2. The summed E-state index contributed by atoms with van der Waals surface area (Å²) in [5.41, 5.74) is 0.783. The number of rotatable bonds is 9. The molecule has 0 saturated heterocycles. The average Bonchev–Trinajstić information content (AvgIpc) is 2.62. The first kappa shape index (κ1) is 19.5. The van der Waals surface area contributed by atoms with Crippen molar-refractivity contribution < 1.29 is 27.8 Å². The highest BCUT2D eigenvalue weighted by Gasteiger charge is 2.11. The van der Waals surface area contributed by atoms with Gasteiger partial charge < -0.3 is 19.5 Å². The molecule has 0 spiro atoms. The number of halogens is 2. The SMILES string of the molecule is COc1ccccc1OCCC(=O)NC(C)c1ccc(OC(F)F)cc1. The first-order valence-corrected chi connectivity index (χ1v) is 8.09. The number of methoxy groups -OCH3 is 1. The second-order valence-corrected chi connectivity index (χ2v) is 5.49. The lowest BCUT2D eigenvalue weighted by atomic mass is 10.1. The van der Waals surface area contributed by atoms with Gasteiger partial charge in [0.15, 0.2) is 11.5 Å². The Labute approximate surface area is 150 Å². The normalized spacial score (nSPS) is 11.7. The minimum atomic E-state index is -2.86. The first-order valence-electron chi connectivity index (χ1n) is 8.09. The van der Waals surface area contributed by atoms with Crippen molar-refractivity contribution in [2.24, 2.45) is 0 Å². The zero-order valence-corrected chi connectivity index (χ0v) is 14.6. The summed E-state index contributed by atoms with van der Waals surface area (Å²) in [4.78, 5) is 12.0. The molecule has 0 saturated carbocycles. The van der Waals surface area contributed by atoms with E-state index in [9.17, 15) is 13.6 Å². The fourth-order valence-corrected chi connectivity index (χ4v) is 2.33. The topological polar surface area (TPSA) is 56.8 Å². The number of para-hydroxylation sites is 2. The third-order valence-corrected chi connectivity index (χ3v) is 3.64. The maximum absolute atomic E-state index is 12.1. The molecule has 2 rings (SSSR count). The Bertz CT molecular complexity index is 707. The van der Waals surface area contributed by atoms with Crippen molar-refractivity contribution in [1.29, 1.82) is 0 Å². The minimum Gasteiger partial charge on any atom is -0.493 e. The van der Waals surface area contributed by atoms with Crippen molar-refractivity contribution in [3.05, 3.63) is 54.1 Å². The lowest BCUT2D eigenvalue weighted by Crippen LogP contribution is -2.27. The van der Waals surface area contributed by atoms with E-state index in [1.165, 1.54) is 12.1 Å². The number of hydrogen-bond acceptors (Lipinski definition) is 4. The average molecular weight is 365 g/mol. The van der Waals surface area contributed by atoms with Crippen molar-refractivity contribution in [1.82, 2.24) is 5.32 Å². The molecule has 26 heavy (non-hydrogen) atoms. The predicted octanol–water partition coefficient (Wildman–Crippen LogP) is 3.94. The number of ether oxygens (including phenoxy) is 3. The highest BCUT2D eigenvalue weighted by molar-refractivity contribution is 5.76. The molecule has 0 bridgehead atoms. The van der Waals surface area contributed by atoms with Crippen LogP contribution in [0.4, 0.5) is 8.78 Å². The van der Waals surface area contributed by atoms with Gasteiger partial charge in [-0.3, -0.25) is 4.79 Å². The van der Waals surface area contributed by atoms with E-state index in [0.29, 0.717) is 11.5 Å². The van der Waals surface area contributed by atoms with Crippen LogP contribution in [0.1, 0.15) is 24.9 Å². The van der Waals surface area contributed by atoms with Gasteiger partial charge in [-0.25, -0.2) is 0 Å². The number of carbonyl (C=O) groups excluding carboxylic acids is 1. The van der Waals surface area contributed by atoms with E-state index in [4.69, 9.17) is 9.47 Å². The van der Waals surface area contributed by atoms with Gasteiger partial charge in [0, 0.05) is 0 Å². The van der Waals surface area contributed by atoms with E-state index in [-0.39, 0.29) is 30.7 Å². The third kappa shape index (κ3) is 5.91. The van der Waals surface area contributed by atoms with Gasteiger partial charge >= 0.3 is 6.61 Å². The summed E-state index contributed by atoms with van der Waals surface area (Å²) in [7, 11) is 1.55. The molecule has 0 aromatic heterocycles. The van der Waals surface area contributed by atoms with Crippen LogP contribution in [0.5, 0.6) is 17.2 Å². The van der Waals surface area contributed by atoms with E-state index in [1.54, 1.807) is 31.4 Å². The van der Waals surface area contributed by atoms with Crippen molar-refractivity contribution in [3.63, 3.8) is 0 Å². The molecule has 0 heterocycles. The predicted molar refractivity (Wildman–Crippen MR) is 92.7 cm³/mol. The largest absolute Gasteiger partial charge is 0.493 e. The van der Waals surface area contributed by atoms with E-state index < -0.39 is 6.61 Å². The molecule has 1 N–H and O–H groups in total. The van der Waals surface area contributed by atoms with Crippen LogP contribution in [0.25, 0.3) is 0 Å². The minimum absolute atomic E-state index is 0.0764. The fraction of sp³-hybridized carbons (Fsp3) is 0.316. The molecule has 0 aliphatic carbocycles.